The van der Waals surface area contributed by atoms with Crippen LogP contribution in [0.15, 0.2) is 58.9 Å². The molecule has 0 saturated heterocycles. The number of benzene rings is 2. The highest BCUT2D eigenvalue weighted by Crippen LogP contribution is 2.33. The van der Waals surface area contributed by atoms with Crippen LogP contribution in [0.2, 0.25) is 0 Å². The van der Waals surface area contributed by atoms with Crippen molar-refractivity contribution in [2.45, 2.75) is 38.1 Å². The van der Waals surface area contributed by atoms with E-state index in [1.165, 1.54) is 36.0 Å². The molecule has 1 aromatic heterocycles. The Kier molecular flexibility index (Phi) is 5.34. The standard InChI is InChI=1S/C21H20FN3O2S/c22-18-8-4-5-9-19(18)23-21-24(16-6-2-1-3-7-16)20(14-28-21)15-10-12-17(13-11-15)25(26)27/h4-5,8-14,16H,1-3,6-7H2. The molecule has 0 unspecified atom stereocenters. The van der Waals surface area contributed by atoms with Gasteiger partial charge in [-0.3, -0.25) is 10.1 Å². The van der Waals surface area contributed by atoms with E-state index < -0.39 is 4.92 Å². The SMILES string of the molecule is O=[N+]([O-])c1ccc(-c2csc(=Nc3ccccc3F)n2C2CCCCC2)cc1. The molecule has 1 saturated carbocycles. The van der Waals surface area contributed by atoms with E-state index in [1.54, 1.807) is 30.3 Å². The molecule has 0 N–H and O–H groups in total. The predicted molar refractivity (Wildman–Crippen MR) is 108 cm³/mol. The van der Waals surface area contributed by atoms with Crippen LogP contribution in [0.25, 0.3) is 11.3 Å². The van der Waals surface area contributed by atoms with Gasteiger partial charge in [0, 0.05) is 23.6 Å². The minimum absolute atomic E-state index is 0.0689. The van der Waals surface area contributed by atoms with Crippen molar-refractivity contribution < 1.29 is 9.31 Å². The van der Waals surface area contributed by atoms with Gasteiger partial charge in [-0.2, -0.15) is 0 Å². The molecule has 1 aliphatic rings. The first-order valence-electron chi connectivity index (χ1n) is 9.37. The average Bonchev–Trinajstić information content (AvgIpc) is 3.14. The lowest BCUT2D eigenvalue weighted by atomic mass is 9.95. The van der Waals surface area contributed by atoms with Crippen LogP contribution in [-0.2, 0) is 0 Å². The Morgan fingerprint density at radius 1 is 1.07 bits per heavy atom. The molecule has 144 valence electrons. The lowest BCUT2D eigenvalue weighted by Crippen LogP contribution is -2.23. The van der Waals surface area contributed by atoms with Crippen LogP contribution in [0.3, 0.4) is 0 Å². The number of nitro groups is 1. The maximum absolute atomic E-state index is 14.1. The van der Waals surface area contributed by atoms with Crippen LogP contribution in [0.5, 0.6) is 0 Å². The van der Waals surface area contributed by atoms with Crippen molar-refractivity contribution in [2.75, 3.05) is 0 Å². The molecular formula is C21H20FN3O2S. The van der Waals surface area contributed by atoms with E-state index in [0.717, 1.165) is 41.7 Å². The fourth-order valence-corrected chi connectivity index (χ4v) is 4.68. The van der Waals surface area contributed by atoms with E-state index in [2.05, 4.69) is 9.56 Å². The molecule has 5 nitrogen and oxygen atoms in total. The minimum Gasteiger partial charge on any atom is -0.313 e. The Morgan fingerprint density at radius 2 is 1.79 bits per heavy atom. The normalized spacial score (nSPS) is 15.7. The van der Waals surface area contributed by atoms with Gasteiger partial charge in [-0.05, 0) is 42.7 Å². The van der Waals surface area contributed by atoms with Gasteiger partial charge in [0.15, 0.2) is 4.80 Å². The quantitative estimate of drug-likeness (QED) is 0.400. The van der Waals surface area contributed by atoms with Crippen molar-refractivity contribution in [2.24, 2.45) is 4.99 Å². The first-order chi connectivity index (χ1) is 13.6. The van der Waals surface area contributed by atoms with Gasteiger partial charge >= 0.3 is 0 Å². The molecule has 0 bridgehead atoms. The molecule has 0 amide bonds. The van der Waals surface area contributed by atoms with Crippen LogP contribution in [-0.4, -0.2) is 9.49 Å². The molecule has 1 heterocycles. The number of non-ortho nitro benzene ring substituents is 1. The number of hydrogen-bond acceptors (Lipinski definition) is 4. The molecule has 2 aromatic carbocycles. The second-order valence-corrected chi connectivity index (χ2v) is 7.77. The highest BCUT2D eigenvalue weighted by molar-refractivity contribution is 7.07. The monoisotopic (exact) mass is 397 g/mol. The van der Waals surface area contributed by atoms with Gasteiger partial charge in [0.1, 0.15) is 11.5 Å². The summed E-state index contributed by atoms with van der Waals surface area (Å²) in [4.78, 5) is 15.9. The number of nitrogens with zero attached hydrogens (tertiary/aromatic N) is 3. The molecule has 1 fully saturated rings. The number of rotatable bonds is 4. The van der Waals surface area contributed by atoms with Crippen molar-refractivity contribution in [3.8, 4) is 11.3 Å². The smallest absolute Gasteiger partial charge is 0.269 e. The van der Waals surface area contributed by atoms with Gasteiger partial charge in [-0.15, -0.1) is 11.3 Å². The highest BCUT2D eigenvalue weighted by Gasteiger charge is 2.21. The first kappa shape index (κ1) is 18.6. The molecular weight excluding hydrogens is 377 g/mol. The zero-order valence-corrected chi connectivity index (χ0v) is 16.1. The van der Waals surface area contributed by atoms with Crippen LogP contribution in [0.1, 0.15) is 38.1 Å². The molecule has 3 aromatic rings. The number of halogens is 1. The number of thiazole rings is 1. The number of aromatic nitrogens is 1. The molecule has 1 aliphatic carbocycles. The maximum atomic E-state index is 14.1. The molecule has 7 heteroatoms. The topological polar surface area (TPSA) is 60.4 Å². The maximum Gasteiger partial charge on any atom is 0.269 e. The molecule has 4 rings (SSSR count). The summed E-state index contributed by atoms with van der Waals surface area (Å²) in [6.45, 7) is 0. The van der Waals surface area contributed by atoms with Crippen LogP contribution in [0.4, 0.5) is 15.8 Å². The summed E-state index contributed by atoms with van der Waals surface area (Å²) < 4.78 is 16.3. The van der Waals surface area contributed by atoms with Crippen LogP contribution >= 0.6 is 11.3 Å². The molecule has 0 radical (unpaired) electrons. The third-order valence-corrected chi connectivity index (χ3v) is 5.96. The van der Waals surface area contributed by atoms with E-state index >= 15 is 0 Å². The van der Waals surface area contributed by atoms with Gasteiger partial charge < -0.3 is 4.57 Å². The Hall–Kier alpha value is -2.80. The van der Waals surface area contributed by atoms with E-state index in [4.69, 9.17) is 0 Å². The summed E-state index contributed by atoms with van der Waals surface area (Å²) in [5.41, 5.74) is 2.27. The largest absolute Gasteiger partial charge is 0.313 e. The molecule has 0 aliphatic heterocycles. The summed E-state index contributed by atoms with van der Waals surface area (Å²) in [6, 6.07) is 13.4. The Labute approximate surface area is 166 Å². The lowest BCUT2D eigenvalue weighted by molar-refractivity contribution is -0.384. The van der Waals surface area contributed by atoms with Crippen molar-refractivity contribution in [1.82, 2.24) is 4.57 Å². The summed E-state index contributed by atoms with van der Waals surface area (Å²) in [5.74, 6) is -0.344. The zero-order chi connectivity index (χ0) is 19.5. The van der Waals surface area contributed by atoms with Crippen molar-refractivity contribution in [3.05, 3.63) is 74.6 Å². The number of para-hydroxylation sites is 1. The Morgan fingerprint density at radius 3 is 2.46 bits per heavy atom. The van der Waals surface area contributed by atoms with Crippen molar-refractivity contribution in [1.29, 1.82) is 0 Å². The number of nitro benzene ring substituents is 1. The van der Waals surface area contributed by atoms with Crippen molar-refractivity contribution >= 4 is 22.7 Å². The summed E-state index contributed by atoms with van der Waals surface area (Å²) in [5, 5.41) is 13.0. The van der Waals surface area contributed by atoms with E-state index in [9.17, 15) is 14.5 Å². The van der Waals surface area contributed by atoms with Gasteiger partial charge in [-0.1, -0.05) is 31.4 Å². The van der Waals surface area contributed by atoms with E-state index in [0.29, 0.717) is 11.7 Å². The second-order valence-electron chi connectivity index (χ2n) is 6.93. The number of hydrogen-bond donors (Lipinski definition) is 0. The fourth-order valence-electron chi connectivity index (χ4n) is 3.70. The zero-order valence-electron chi connectivity index (χ0n) is 15.3. The Bertz CT molecular complexity index is 1050. The first-order valence-corrected chi connectivity index (χ1v) is 10.3. The van der Waals surface area contributed by atoms with Crippen LogP contribution < -0.4 is 4.80 Å². The van der Waals surface area contributed by atoms with Gasteiger partial charge in [0.25, 0.3) is 5.69 Å². The van der Waals surface area contributed by atoms with Gasteiger partial charge in [0.2, 0.25) is 0 Å². The summed E-state index contributed by atoms with van der Waals surface area (Å²) >= 11 is 1.47. The van der Waals surface area contributed by atoms with Crippen molar-refractivity contribution in [3.63, 3.8) is 0 Å². The molecule has 28 heavy (non-hydrogen) atoms. The molecule has 0 spiro atoms. The fraction of sp³-hybridized carbons (Fsp3) is 0.286. The lowest BCUT2D eigenvalue weighted by Gasteiger charge is -2.25. The second kappa shape index (κ2) is 8.06. The highest BCUT2D eigenvalue weighted by atomic mass is 32.1. The predicted octanol–water partition coefficient (Wildman–Crippen LogP) is 6.00. The van der Waals surface area contributed by atoms with E-state index in [-0.39, 0.29) is 11.5 Å². The van der Waals surface area contributed by atoms with Gasteiger partial charge in [0.05, 0.1) is 10.6 Å². The summed E-state index contributed by atoms with van der Waals surface area (Å²) in [6.07, 6.45) is 5.66. The molecule has 0 atom stereocenters. The van der Waals surface area contributed by atoms with E-state index in [1.807, 2.05) is 5.38 Å². The average molecular weight is 397 g/mol. The third kappa shape index (κ3) is 3.75. The van der Waals surface area contributed by atoms with Crippen LogP contribution in [0, 0.1) is 15.9 Å². The minimum atomic E-state index is -0.397. The van der Waals surface area contributed by atoms with Gasteiger partial charge in [-0.25, -0.2) is 9.38 Å². The summed E-state index contributed by atoms with van der Waals surface area (Å²) in [7, 11) is 0. The Balaban J connectivity index is 1.84. The third-order valence-electron chi connectivity index (χ3n) is 5.12.